The lowest BCUT2D eigenvalue weighted by atomic mass is 9.94. The number of nitrogens with one attached hydrogen (secondary N) is 2. The van der Waals surface area contributed by atoms with Gasteiger partial charge in [0.25, 0.3) is 5.91 Å². The predicted molar refractivity (Wildman–Crippen MR) is 104 cm³/mol. The van der Waals surface area contributed by atoms with Crippen molar-refractivity contribution in [3.8, 4) is 0 Å². The van der Waals surface area contributed by atoms with Gasteiger partial charge in [0.1, 0.15) is 5.69 Å². The van der Waals surface area contributed by atoms with Crippen molar-refractivity contribution in [1.29, 1.82) is 0 Å². The number of anilines is 1. The third-order valence-electron chi connectivity index (χ3n) is 5.11. The van der Waals surface area contributed by atoms with Crippen LogP contribution in [0.1, 0.15) is 34.9 Å². The van der Waals surface area contributed by atoms with E-state index in [2.05, 4.69) is 25.4 Å². The van der Waals surface area contributed by atoms with Crippen LogP contribution in [0.25, 0.3) is 0 Å². The number of thiazole rings is 1. The van der Waals surface area contributed by atoms with E-state index in [-0.39, 0.29) is 17.7 Å². The second-order valence-corrected chi connectivity index (χ2v) is 7.97. The van der Waals surface area contributed by atoms with Crippen LogP contribution in [0.2, 0.25) is 0 Å². The summed E-state index contributed by atoms with van der Waals surface area (Å²) in [6.45, 7) is 4.34. The Labute approximate surface area is 167 Å². The molecule has 150 valence electrons. The summed E-state index contributed by atoms with van der Waals surface area (Å²) in [5.74, 6) is 0.129. The number of ether oxygens (including phenoxy) is 1. The molecule has 4 rings (SSSR count). The van der Waals surface area contributed by atoms with Crippen LogP contribution >= 0.6 is 11.3 Å². The van der Waals surface area contributed by atoms with E-state index in [1.165, 1.54) is 11.3 Å². The first-order valence-corrected chi connectivity index (χ1v) is 10.4. The molecule has 1 unspecified atom stereocenters. The van der Waals surface area contributed by atoms with Gasteiger partial charge in [0.15, 0.2) is 5.13 Å². The first-order valence-electron chi connectivity index (χ1n) is 9.53. The topological polar surface area (TPSA) is 103 Å². The van der Waals surface area contributed by atoms with Gasteiger partial charge in [-0.2, -0.15) is 5.10 Å². The molecule has 9 nitrogen and oxygen atoms in total. The molecule has 0 spiro atoms. The lowest BCUT2D eigenvalue weighted by Crippen LogP contribution is -2.40. The number of carbonyl (C=O) groups is 2. The number of likely N-dealkylation sites (tertiary alicyclic amines) is 1. The third-order valence-corrected chi connectivity index (χ3v) is 5.79. The molecule has 2 aromatic rings. The van der Waals surface area contributed by atoms with Crippen molar-refractivity contribution in [2.75, 3.05) is 51.3 Å². The summed E-state index contributed by atoms with van der Waals surface area (Å²) >= 11 is 1.41. The highest BCUT2D eigenvalue weighted by atomic mass is 32.1. The molecule has 0 saturated carbocycles. The van der Waals surface area contributed by atoms with E-state index in [0.717, 1.165) is 31.6 Å². The molecule has 0 radical (unpaired) electrons. The highest BCUT2D eigenvalue weighted by Gasteiger charge is 2.27. The third kappa shape index (κ3) is 4.57. The van der Waals surface area contributed by atoms with E-state index >= 15 is 0 Å². The van der Waals surface area contributed by atoms with Gasteiger partial charge in [0.2, 0.25) is 5.91 Å². The second-order valence-electron chi connectivity index (χ2n) is 7.07. The van der Waals surface area contributed by atoms with Gasteiger partial charge in [-0.25, -0.2) is 4.98 Å². The van der Waals surface area contributed by atoms with Crippen molar-refractivity contribution < 1.29 is 14.3 Å². The quantitative estimate of drug-likeness (QED) is 0.775. The number of amides is 2. The molecule has 2 aliphatic rings. The average Bonchev–Trinajstić information content (AvgIpc) is 3.40. The first-order chi connectivity index (χ1) is 13.7. The number of hydrogen-bond donors (Lipinski definition) is 2. The Balaban J connectivity index is 1.33. The van der Waals surface area contributed by atoms with E-state index in [4.69, 9.17) is 4.74 Å². The Morgan fingerprint density at radius 1 is 1.32 bits per heavy atom. The van der Waals surface area contributed by atoms with Gasteiger partial charge < -0.3 is 15.0 Å². The zero-order chi connectivity index (χ0) is 19.3. The molecular formula is C18H24N6O3S. The normalized spacial score (nSPS) is 20.9. The van der Waals surface area contributed by atoms with Gasteiger partial charge >= 0.3 is 0 Å². The number of morpholine rings is 1. The highest BCUT2D eigenvalue weighted by molar-refractivity contribution is 7.13. The van der Waals surface area contributed by atoms with Crippen molar-refractivity contribution in [2.45, 2.75) is 18.8 Å². The fraction of sp³-hybridized carbons (Fsp3) is 0.556. The number of aromatic nitrogens is 3. The Kier molecular flexibility index (Phi) is 5.98. The number of aromatic amines is 1. The summed E-state index contributed by atoms with van der Waals surface area (Å²) in [4.78, 5) is 32.8. The van der Waals surface area contributed by atoms with Crippen LogP contribution in [0.15, 0.2) is 17.6 Å². The summed E-state index contributed by atoms with van der Waals surface area (Å²) in [7, 11) is 0. The lowest BCUT2D eigenvalue weighted by molar-refractivity contribution is -0.117. The Bertz CT molecular complexity index is 802. The molecule has 2 fully saturated rings. The molecule has 2 aromatic heterocycles. The zero-order valence-electron chi connectivity index (χ0n) is 15.6. The van der Waals surface area contributed by atoms with E-state index < -0.39 is 0 Å². The van der Waals surface area contributed by atoms with Crippen LogP contribution in [-0.2, 0) is 9.53 Å². The molecule has 1 atom stereocenters. The average molecular weight is 404 g/mol. The highest BCUT2D eigenvalue weighted by Crippen LogP contribution is 2.26. The molecule has 2 aliphatic heterocycles. The molecule has 4 heterocycles. The van der Waals surface area contributed by atoms with Crippen molar-refractivity contribution in [3.05, 3.63) is 29.0 Å². The monoisotopic (exact) mass is 404 g/mol. The maximum atomic E-state index is 12.6. The van der Waals surface area contributed by atoms with E-state index in [1.54, 1.807) is 11.1 Å². The van der Waals surface area contributed by atoms with Crippen molar-refractivity contribution in [3.63, 3.8) is 0 Å². The minimum atomic E-state index is -0.0544. The lowest BCUT2D eigenvalue weighted by Gasteiger charge is -2.31. The molecule has 0 aliphatic carbocycles. The van der Waals surface area contributed by atoms with Crippen LogP contribution in [0.5, 0.6) is 0 Å². The molecule has 2 N–H and O–H groups in total. The van der Waals surface area contributed by atoms with Gasteiger partial charge in [-0.3, -0.25) is 19.6 Å². The summed E-state index contributed by atoms with van der Waals surface area (Å²) in [5, 5.41) is 12.6. The van der Waals surface area contributed by atoms with Gasteiger partial charge in [-0.05, 0) is 25.5 Å². The number of carbonyl (C=O) groups excluding carboxylic acids is 2. The maximum absolute atomic E-state index is 12.6. The molecular weight excluding hydrogens is 380 g/mol. The summed E-state index contributed by atoms with van der Waals surface area (Å²) in [6, 6.07) is 1.86. The van der Waals surface area contributed by atoms with Gasteiger partial charge in [-0.15, -0.1) is 11.3 Å². The Morgan fingerprint density at radius 2 is 2.18 bits per heavy atom. The Morgan fingerprint density at radius 3 is 2.96 bits per heavy atom. The largest absolute Gasteiger partial charge is 0.378 e. The van der Waals surface area contributed by atoms with Crippen LogP contribution in [0.3, 0.4) is 0 Å². The fourth-order valence-corrected chi connectivity index (χ4v) is 4.23. The van der Waals surface area contributed by atoms with Gasteiger partial charge in [-0.1, -0.05) is 0 Å². The second kappa shape index (κ2) is 8.80. The summed E-state index contributed by atoms with van der Waals surface area (Å²) < 4.78 is 5.30. The summed E-state index contributed by atoms with van der Waals surface area (Å²) in [5.41, 5.74) is 1.41. The van der Waals surface area contributed by atoms with Crippen molar-refractivity contribution >= 4 is 28.3 Å². The Hall–Kier alpha value is -2.30. The summed E-state index contributed by atoms with van der Waals surface area (Å²) in [6.07, 6.45) is 3.68. The molecule has 28 heavy (non-hydrogen) atoms. The van der Waals surface area contributed by atoms with Crippen molar-refractivity contribution in [1.82, 2.24) is 25.0 Å². The van der Waals surface area contributed by atoms with Gasteiger partial charge in [0.05, 0.1) is 19.8 Å². The van der Waals surface area contributed by atoms with Gasteiger partial charge in [0, 0.05) is 42.8 Å². The smallest absolute Gasteiger partial charge is 0.274 e. The minimum Gasteiger partial charge on any atom is -0.378 e. The fourth-order valence-electron chi connectivity index (χ4n) is 3.68. The maximum Gasteiger partial charge on any atom is 0.274 e. The SMILES string of the molecule is O=C(CN1CCCC(c2cc(C(=O)N3CCOCC3)n[nH]2)C1)Nc1nccs1. The number of H-pyrrole nitrogens is 1. The van der Waals surface area contributed by atoms with Crippen LogP contribution in [-0.4, -0.2) is 82.7 Å². The standard InChI is InChI=1S/C18H24N6O3S/c25-16(20-18-19-3-9-28-18)12-23-4-1-2-13(11-23)14-10-15(22-21-14)17(26)24-5-7-27-8-6-24/h3,9-10,13H,1-2,4-8,11-12H2,(H,21,22)(H,19,20,25). The molecule has 2 saturated heterocycles. The molecule has 0 aromatic carbocycles. The predicted octanol–water partition coefficient (Wildman–Crippen LogP) is 1.16. The van der Waals surface area contributed by atoms with Crippen LogP contribution in [0, 0.1) is 0 Å². The number of hydrogen-bond acceptors (Lipinski definition) is 7. The molecule has 0 bridgehead atoms. The first kappa shape index (κ1) is 19.0. The zero-order valence-corrected chi connectivity index (χ0v) is 16.4. The molecule has 10 heteroatoms. The van der Waals surface area contributed by atoms with Crippen LogP contribution in [0.4, 0.5) is 5.13 Å². The minimum absolute atomic E-state index is 0.0524. The number of piperidine rings is 1. The van der Waals surface area contributed by atoms with Crippen LogP contribution < -0.4 is 5.32 Å². The molecule has 2 amide bonds. The van der Waals surface area contributed by atoms with E-state index in [9.17, 15) is 9.59 Å². The van der Waals surface area contributed by atoms with Crippen molar-refractivity contribution in [2.24, 2.45) is 0 Å². The number of nitrogens with zero attached hydrogens (tertiary/aromatic N) is 4. The van der Waals surface area contributed by atoms with E-state index in [1.807, 2.05) is 11.4 Å². The number of rotatable bonds is 5. The van der Waals surface area contributed by atoms with E-state index in [0.29, 0.717) is 43.7 Å².